The summed E-state index contributed by atoms with van der Waals surface area (Å²) in [6.07, 6.45) is 4.16. The maximum absolute atomic E-state index is 3.23. The molecule has 80 valence electrons. The summed E-state index contributed by atoms with van der Waals surface area (Å²) in [5.74, 6) is 2.57. The molecule has 0 amide bonds. The minimum Gasteiger partial charge on any atom is -0.319 e. The van der Waals surface area contributed by atoms with Crippen LogP contribution in [0.3, 0.4) is 0 Å². The zero-order chi connectivity index (χ0) is 10.3. The lowest BCUT2D eigenvalue weighted by Crippen LogP contribution is -2.16. The predicted octanol–water partition coefficient (Wildman–Crippen LogP) is 3.30. The molecule has 1 N–H and O–H groups in total. The highest BCUT2D eigenvalue weighted by Gasteiger charge is 2.07. The smallest absolute Gasteiger partial charge is 0.00262 e. The van der Waals surface area contributed by atoms with Gasteiger partial charge in [-0.1, -0.05) is 40.5 Å². The normalized spacial score (nSPS) is 16.2. The monoisotopic (exact) mass is 185 g/mol. The molecule has 0 aliphatic carbocycles. The Hall–Kier alpha value is -0.0400. The summed E-state index contributed by atoms with van der Waals surface area (Å²) >= 11 is 0. The standard InChI is InChI=1S/C12H27N/c1-10(2)12(4)8-6-7-11(3)9-13-5/h10-13H,6-9H2,1-5H3/t11-,12?/m0/s1. The van der Waals surface area contributed by atoms with E-state index in [0.29, 0.717) is 0 Å². The van der Waals surface area contributed by atoms with Gasteiger partial charge in [0.1, 0.15) is 0 Å². The van der Waals surface area contributed by atoms with Gasteiger partial charge < -0.3 is 5.32 Å². The van der Waals surface area contributed by atoms with E-state index in [9.17, 15) is 0 Å². The maximum Gasteiger partial charge on any atom is -0.00262 e. The SMILES string of the molecule is CNC[C@@H](C)CCCC(C)C(C)C. The Labute approximate surface area is 84.3 Å². The first-order valence-corrected chi connectivity index (χ1v) is 5.72. The highest BCUT2D eigenvalue weighted by molar-refractivity contribution is 4.60. The molecular weight excluding hydrogens is 158 g/mol. The van der Waals surface area contributed by atoms with Crippen molar-refractivity contribution in [3.63, 3.8) is 0 Å². The lowest BCUT2D eigenvalue weighted by molar-refractivity contribution is 0.359. The predicted molar refractivity (Wildman–Crippen MR) is 60.9 cm³/mol. The van der Waals surface area contributed by atoms with Crippen LogP contribution in [0.25, 0.3) is 0 Å². The van der Waals surface area contributed by atoms with Gasteiger partial charge in [-0.15, -0.1) is 0 Å². The molecule has 0 fully saturated rings. The second-order valence-corrected chi connectivity index (χ2v) is 4.82. The van der Waals surface area contributed by atoms with Crippen LogP contribution in [0.4, 0.5) is 0 Å². The van der Waals surface area contributed by atoms with Gasteiger partial charge in [-0.2, -0.15) is 0 Å². The van der Waals surface area contributed by atoms with Crippen LogP contribution in [-0.2, 0) is 0 Å². The maximum atomic E-state index is 3.23. The molecule has 1 unspecified atom stereocenters. The van der Waals surface area contributed by atoms with Gasteiger partial charge in [-0.05, 0) is 37.8 Å². The minimum absolute atomic E-state index is 0.837. The van der Waals surface area contributed by atoms with E-state index in [4.69, 9.17) is 0 Å². The highest BCUT2D eigenvalue weighted by Crippen LogP contribution is 2.18. The van der Waals surface area contributed by atoms with Gasteiger partial charge in [-0.3, -0.25) is 0 Å². The molecule has 0 aromatic heterocycles. The lowest BCUT2D eigenvalue weighted by Gasteiger charge is -2.16. The molecule has 0 rings (SSSR count). The Morgan fingerprint density at radius 2 is 1.62 bits per heavy atom. The molecule has 0 spiro atoms. The zero-order valence-corrected chi connectivity index (χ0v) is 10.1. The van der Waals surface area contributed by atoms with Crippen molar-refractivity contribution in [2.45, 2.75) is 47.0 Å². The Balaban J connectivity index is 3.33. The van der Waals surface area contributed by atoms with Crippen molar-refractivity contribution in [1.82, 2.24) is 5.32 Å². The van der Waals surface area contributed by atoms with Crippen LogP contribution >= 0.6 is 0 Å². The van der Waals surface area contributed by atoms with E-state index in [0.717, 1.165) is 24.3 Å². The van der Waals surface area contributed by atoms with Crippen LogP contribution in [0.1, 0.15) is 47.0 Å². The van der Waals surface area contributed by atoms with Crippen molar-refractivity contribution in [1.29, 1.82) is 0 Å². The molecule has 0 aliphatic rings. The van der Waals surface area contributed by atoms with E-state index >= 15 is 0 Å². The molecule has 1 nitrogen and oxygen atoms in total. The lowest BCUT2D eigenvalue weighted by atomic mass is 9.91. The minimum atomic E-state index is 0.837. The van der Waals surface area contributed by atoms with Crippen molar-refractivity contribution in [3.8, 4) is 0 Å². The summed E-state index contributed by atoms with van der Waals surface area (Å²) in [6, 6.07) is 0. The van der Waals surface area contributed by atoms with Gasteiger partial charge in [0.2, 0.25) is 0 Å². The van der Waals surface area contributed by atoms with E-state index < -0.39 is 0 Å². The van der Waals surface area contributed by atoms with E-state index in [1.54, 1.807) is 0 Å². The number of hydrogen-bond acceptors (Lipinski definition) is 1. The molecule has 0 radical (unpaired) electrons. The molecule has 0 saturated carbocycles. The average Bonchev–Trinajstić information content (AvgIpc) is 2.04. The van der Waals surface area contributed by atoms with Gasteiger partial charge in [0.25, 0.3) is 0 Å². The first-order chi connectivity index (χ1) is 6.07. The van der Waals surface area contributed by atoms with E-state index in [1.165, 1.54) is 19.3 Å². The summed E-state index contributed by atoms with van der Waals surface area (Å²) in [4.78, 5) is 0. The molecule has 0 aromatic carbocycles. The van der Waals surface area contributed by atoms with Crippen molar-refractivity contribution in [3.05, 3.63) is 0 Å². The third kappa shape index (κ3) is 7.06. The summed E-state index contributed by atoms with van der Waals surface area (Å²) in [5.41, 5.74) is 0. The molecule has 0 aromatic rings. The first-order valence-electron chi connectivity index (χ1n) is 5.72. The molecule has 0 bridgehead atoms. The van der Waals surface area contributed by atoms with Crippen molar-refractivity contribution in [2.75, 3.05) is 13.6 Å². The third-order valence-corrected chi connectivity index (χ3v) is 3.05. The topological polar surface area (TPSA) is 12.0 Å². The summed E-state index contributed by atoms with van der Waals surface area (Å²) < 4.78 is 0. The van der Waals surface area contributed by atoms with Crippen molar-refractivity contribution in [2.24, 2.45) is 17.8 Å². The third-order valence-electron chi connectivity index (χ3n) is 3.05. The molecule has 2 atom stereocenters. The van der Waals surface area contributed by atoms with Gasteiger partial charge in [-0.25, -0.2) is 0 Å². The van der Waals surface area contributed by atoms with Crippen LogP contribution in [-0.4, -0.2) is 13.6 Å². The fourth-order valence-electron chi connectivity index (χ4n) is 1.57. The molecule has 0 heterocycles. The van der Waals surface area contributed by atoms with Crippen LogP contribution in [0.15, 0.2) is 0 Å². The van der Waals surface area contributed by atoms with Gasteiger partial charge >= 0.3 is 0 Å². The van der Waals surface area contributed by atoms with Crippen molar-refractivity contribution >= 4 is 0 Å². The van der Waals surface area contributed by atoms with Crippen LogP contribution in [0.5, 0.6) is 0 Å². The number of rotatable bonds is 7. The summed E-state index contributed by atoms with van der Waals surface area (Å²) in [7, 11) is 2.03. The Morgan fingerprint density at radius 1 is 1.00 bits per heavy atom. The number of nitrogens with one attached hydrogen (secondary N) is 1. The summed E-state index contributed by atoms with van der Waals surface area (Å²) in [5, 5.41) is 3.23. The molecule has 0 aliphatic heterocycles. The summed E-state index contributed by atoms with van der Waals surface area (Å²) in [6.45, 7) is 10.5. The van der Waals surface area contributed by atoms with Crippen LogP contribution in [0, 0.1) is 17.8 Å². The van der Waals surface area contributed by atoms with E-state index in [2.05, 4.69) is 33.0 Å². The highest BCUT2D eigenvalue weighted by atomic mass is 14.8. The molecular formula is C12H27N. The van der Waals surface area contributed by atoms with E-state index in [-0.39, 0.29) is 0 Å². The first kappa shape index (κ1) is 13.0. The second-order valence-electron chi connectivity index (χ2n) is 4.82. The zero-order valence-electron chi connectivity index (χ0n) is 10.1. The fraction of sp³-hybridized carbons (Fsp3) is 1.00. The van der Waals surface area contributed by atoms with Crippen LogP contribution < -0.4 is 5.32 Å². The largest absolute Gasteiger partial charge is 0.319 e. The van der Waals surface area contributed by atoms with Crippen LogP contribution in [0.2, 0.25) is 0 Å². The Morgan fingerprint density at radius 3 is 2.08 bits per heavy atom. The molecule has 1 heteroatoms. The molecule has 0 saturated heterocycles. The average molecular weight is 185 g/mol. The van der Waals surface area contributed by atoms with E-state index in [1.807, 2.05) is 7.05 Å². The van der Waals surface area contributed by atoms with Crippen molar-refractivity contribution < 1.29 is 0 Å². The Kier molecular flexibility index (Phi) is 7.35. The van der Waals surface area contributed by atoms with Gasteiger partial charge in [0, 0.05) is 0 Å². The fourth-order valence-corrected chi connectivity index (χ4v) is 1.57. The second kappa shape index (κ2) is 7.37. The van der Waals surface area contributed by atoms with Gasteiger partial charge in [0.15, 0.2) is 0 Å². The van der Waals surface area contributed by atoms with Gasteiger partial charge in [0.05, 0.1) is 0 Å². The number of hydrogen-bond donors (Lipinski definition) is 1. The Bertz CT molecular complexity index is 110. The molecule has 13 heavy (non-hydrogen) atoms. The quantitative estimate of drug-likeness (QED) is 0.641.